The van der Waals surface area contributed by atoms with Crippen molar-refractivity contribution in [1.29, 1.82) is 0 Å². The molecule has 0 amide bonds. The average Bonchev–Trinajstić information content (AvgIpc) is 2.05. The lowest BCUT2D eigenvalue weighted by molar-refractivity contribution is 0.414. The molecule has 0 spiro atoms. The van der Waals surface area contributed by atoms with Gasteiger partial charge >= 0.3 is 0 Å². The minimum atomic E-state index is 0.877. The van der Waals surface area contributed by atoms with Gasteiger partial charge in [0.1, 0.15) is 5.75 Å². The lowest BCUT2D eigenvalue weighted by Gasteiger charge is -2.03. The van der Waals surface area contributed by atoms with Crippen molar-refractivity contribution in [3.63, 3.8) is 0 Å². The molecule has 0 bridgehead atoms. The SMILES string of the molecule is COc1ccc(I)c(CBr)c1. The molecule has 0 aliphatic rings. The summed E-state index contributed by atoms with van der Waals surface area (Å²) in [6.07, 6.45) is 0. The quantitative estimate of drug-likeness (QED) is 0.599. The Kier molecular flexibility index (Phi) is 3.65. The smallest absolute Gasteiger partial charge is 0.119 e. The van der Waals surface area contributed by atoms with E-state index in [1.807, 2.05) is 12.1 Å². The van der Waals surface area contributed by atoms with Gasteiger partial charge in [-0.1, -0.05) is 15.9 Å². The van der Waals surface area contributed by atoms with Crippen LogP contribution in [-0.4, -0.2) is 7.11 Å². The summed E-state index contributed by atoms with van der Waals surface area (Å²) in [6.45, 7) is 0. The number of alkyl halides is 1. The number of halogens is 2. The van der Waals surface area contributed by atoms with Crippen molar-refractivity contribution >= 4 is 38.5 Å². The molecule has 0 aliphatic heterocycles. The zero-order valence-electron chi connectivity index (χ0n) is 6.10. The van der Waals surface area contributed by atoms with E-state index in [2.05, 4.69) is 44.6 Å². The van der Waals surface area contributed by atoms with Crippen LogP contribution < -0.4 is 4.74 Å². The van der Waals surface area contributed by atoms with E-state index in [-0.39, 0.29) is 0 Å². The van der Waals surface area contributed by atoms with E-state index in [0.29, 0.717) is 0 Å². The molecule has 1 aromatic carbocycles. The topological polar surface area (TPSA) is 9.23 Å². The van der Waals surface area contributed by atoms with Gasteiger partial charge in [-0.2, -0.15) is 0 Å². The monoisotopic (exact) mass is 326 g/mol. The molecule has 0 radical (unpaired) electrons. The lowest BCUT2D eigenvalue weighted by Crippen LogP contribution is -1.87. The van der Waals surface area contributed by atoms with E-state index < -0.39 is 0 Å². The van der Waals surface area contributed by atoms with Crippen molar-refractivity contribution < 1.29 is 4.74 Å². The first kappa shape index (κ1) is 9.32. The number of rotatable bonds is 2. The van der Waals surface area contributed by atoms with Crippen molar-refractivity contribution in [2.75, 3.05) is 7.11 Å². The van der Waals surface area contributed by atoms with Gasteiger partial charge in [-0.25, -0.2) is 0 Å². The predicted octanol–water partition coefficient (Wildman–Crippen LogP) is 3.19. The van der Waals surface area contributed by atoms with Crippen molar-refractivity contribution in [3.05, 3.63) is 27.3 Å². The molecule has 1 aromatic rings. The third kappa shape index (κ3) is 2.33. The minimum Gasteiger partial charge on any atom is -0.497 e. The van der Waals surface area contributed by atoms with Gasteiger partial charge in [-0.15, -0.1) is 0 Å². The summed E-state index contributed by atoms with van der Waals surface area (Å²) in [5, 5.41) is 0.877. The maximum atomic E-state index is 5.09. The van der Waals surface area contributed by atoms with Gasteiger partial charge in [0, 0.05) is 8.90 Å². The van der Waals surface area contributed by atoms with E-state index in [1.54, 1.807) is 7.11 Å². The Hall–Kier alpha value is 0.230. The molecule has 60 valence electrons. The molecule has 0 aliphatic carbocycles. The fraction of sp³-hybridized carbons (Fsp3) is 0.250. The highest BCUT2D eigenvalue weighted by Crippen LogP contribution is 2.20. The summed E-state index contributed by atoms with van der Waals surface area (Å²) < 4.78 is 6.35. The molecule has 0 atom stereocenters. The summed E-state index contributed by atoms with van der Waals surface area (Å²) in [6, 6.07) is 6.06. The Morgan fingerprint density at radius 1 is 1.55 bits per heavy atom. The van der Waals surface area contributed by atoms with Crippen LogP contribution in [0.25, 0.3) is 0 Å². The summed E-state index contributed by atoms with van der Waals surface area (Å²) in [5.41, 5.74) is 1.27. The Morgan fingerprint density at radius 2 is 2.27 bits per heavy atom. The average molecular weight is 327 g/mol. The van der Waals surface area contributed by atoms with E-state index in [9.17, 15) is 0 Å². The van der Waals surface area contributed by atoms with Crippen LogP contribution in [0.1, 0.15) is 5.56 Å². The summed E-state index contributed by atoms with van der Waals surface area (Å²) >= 11 is 5.72. The molecular formula is C8H8BrIO. The van der Waals surface area contributed by atoms with E-state index in [1.165, 1.54) is 9.13 Å². The minimum absolute atomic E-state index is 0.877. The summed E-state index contributed by atoms with van der Waals surface area (Å²) in [5.74, 6) is 0.917. The van der Waals surface area contributed by atoms with E-state index >= 15 is 0 Å². The maximum absolute atomic E-state index is 5.09. The Bertz CT molecular complexity index is 250. The number of hydrogen-bond acceptors (Lipinski definition) is 1. The van der Waals surface area contributed by atoms with Gasteiger partial charge < -0.3 is 4.74 Å². The van der Waals surface area contributed by atoms with E-state index in [0.717, 1.165) is 11.1 Å². The first-order valence-electron chi connectivity index (χ1n) is 3.16. The van der Waals surface area contributed by atoms with Crippen LogP contribution in [0.5, 0.6) is 5.75 Å². The normalized spacial score (nSPS) is 9.73. The van der Waals surface area contributed by atoms with Crippen LogP contribution in [0, 0.1) is 3.57 Å². The molecule has 1 nitrogen and oxygen atoms in total. The third-order valence-corrected chi connectivity index (χ3v) is 3.05. The van der Waals surface area contributed by atoms with Gasteiger partial charge in [0.25, 0.3) is 0 Å². The molecule has 3 heteroatoms. The lowest BCUT2D eigenvalue weighted by atomic mass is 10.2. The first-order valence-corrected chi connectivity index (χ1v) is 5.36. The number of methoxy groups -OCH3 is 1. The fourth-order valence-corrected chi connectivity index (χ4v) is 2.29. The standard InChI is InChI=1S/C8H8BrIO/c1-11-7-2-3-8(10)6(4-7)5-9/h2-4H,5H2,1H3. The van der Waals surface area contributed by atoms with Gasteiger partial charge in [-0.05, 0) is 46.4 Å². The second-order valence-electron chi connectivity index (χ2n) is 2.09. The molecule has 0 N–H and O–H groups in total. The van der Waals surface area contributed by atoms with Crippen molar-refractivity contribution in [2.24, 2.45) is 0 Å². The molecule has 0 unspecified atom stereocenters. The third-order valence-electron chi connectivity index (χ3n) is 1.40. The largest absolute Gasteiger partial charge is 0.497 e. The highest BCUT2D eigenvalue weighted by molar-refractivity contribution is 14.1. The molecule has 1 rings (SSSR count). The second kappa shape index (κ2) is 4.30. The van der Waals surface area contributed by atoms with Gasteiger partial charge in [0.15, 0.2) is 0 Å². The van der Waals surface area contributed by atoms with Gasteiger partial charge in [0.05, 0.1) is 7.11 Å². The van der Waals surface area contributed by atoms with Gasteiger partial charge in [-0.3, -0.25) is 0 Å². The molecular weight excluding hydrogens is 319 g/mol. The molecule has 0 saturated carbocycles. The highest BCUT2D eigenvalue weighted by Gasteiger charge is 1.98. The highest BCUT2D eigenvalue weighted by atomic mass is 127. The summed E-state index contributed by atoms with van der Waals surface area (Å²) in [7, 11) is 1.68. The van der Waals surface area contributed by atoms with E-state index in [4.69, 9.17) is 4.74 Å². The second-order valence-corrected chi connectivity index (χ2v) is 3.81. The Labute approximate surface area is 88.4 Å². The van der Waals surface area contributed by atoms with Crippen LogP contribution in [0.15, 0.2) is 18.2 Å². The molecule has 11 heavy (non-hydrogen) atoms. The molecule has 0 saturated heterocycles. The predicted molar refractivity (Wildman–Crippen MR) is 58.3 cm³/mol. The Balaban J connectivity index is 3.02. The number of ether oxygens (including phenoxy) is 1. The zero-order valence-corrected chi connectivity index (χ0v) is 9.85. The van der Waals surface area contributed by atoms with Crippen LogP contribution in [0.2, 0.25) is 0 Å². The zero-order chi connectivity index (χ0) is 8.27. The number of hydrogen-bond donors (Lipinski definition) is 0. The molecule has 0 heterocycles. The van der Waals surface area contributed by atoms with Crippen LogP contribution in [0.3, 0.4) is 0 Å². The molecule has 0 aromatic heterocycles. The van der Waals surface area contributed by atoms with Crippen molar-refractivity contribution in [3.8, 4) is 5.75 Å². The number of benzene rings is 1. The Morgan fingerprint density at radius 3 is 2.82 bits per heavy atom. The molecule has 0 fully saturated rings. The summed E-state index contributed by atoms with van der Waals surface area (Å²) in [4.78, 5) is 0. The maximum Gasteiger partial charge on any atom is 0.119 e. The van der Waals surface area contributed by atoms with Crippen LogP contribution in [0.4, 0.5) is 0 Å². The van der Waals surface area contributed by atoms with Crippen molar-refractivity contribution in [1.82, 2.24) is 0 Å². The van der Waals surface area contributed by atoms with Crippen LogP contribution >= 0.6 is 38.5 Å². The first-order chi connectivity index (χ1) is 5.27. The van der Waals surface area contributed by atoms with Crippen LogP contribution in [-0.2, 0) is 5.33 Å². The fourth-order valence-electron chi connectivity index (χ4n) is 0.780. The van der Waals surface area contributed by atoms with Gasteiger partial charge in [0.2, 0.25) is 0 Å². The van der Waals surface area contributed by atoms with Crippen molar-refractivity contribution in [2.45, 2.75) is 5.33 Å².